The normalized spacial score (nSPS) is 17.6. The van der Waals surface area contributed by atoms with Crippen molar-refractivity contribution in [2.24, 2.45) is 5.92 Å². The van der Waals surface area contributed by atoms with Gasteiger partial charge in [-0.2, -0.15) is 0 Å². The molecule has 0 aromatic carbocycles. The van der Waals surface area contributed by atoms with Crippen LogP contribution < -0.4 is 5.32 Å². The number of amides is 1. The Kier molecular flexibility index (Phi) is 5.25. The molecule has 0 spiro atoms. The zero-order valence-corrected chi connectivity index (χ0v) is 9.57. The molecular weight excluding hydrogens is 210 g/mol. The van der Waals surface area contributed by atoms with Gasteiger partial charge in [-0.1, -0.05) is 19.3 Å². The molecule has 1 aliphatic rings. The Balaban J connectivity index is 2.21. The number of methoxy groups -OCH3 is 1. The second-order valence-electron chi connectivity index (χ2n) is 4.25. The quantitative estimate of drug-likeness (QED) is 0.676. The minimum atomic E-state index is -1.06. The first-order chi connectivity index (χ1) is 7.63. The van der Waals surface area contributed by atoms with Crippen molar-refractivity contribution in [2.75, 3.05) is 13.7 Å². The molecule has 5 heteroatoms. The van der Waals surface area contributed by atoms with Gasteiger partial charge in [-0.3, -0.25) is 4.79 Å². The predicted octanol–water partition coefficient (Wildman–Crippen LogP) is 0.782. The molecule has 1 amide bonds. The minimum absolute atomic E-state index is 0.00447. The van der Waals surface area contributed by atoms with Crippen molar-refractivity contribution in [3.05, 3.63) is 0 Å². The first kappa shape index (κ1) is 13.0. The Hall–Kier alpha value is -1.10. The molecule has 2 N–H and O–H groups in total. The Morgan fingerprint density at radius 2 is 2.19 bits per heavy atom. The van der Waals surface area contributed by atoms with E-state index in [0.29, 0.717) is 12.3 Å². The molecule has 0 saturated heterocycles. The summed E-state index contributed by atoms with van der Waals surface area (Å²) >= 11 is 0. The third-order valence-corrected chi connectivity index (χ3v) is 2.97. The van der Waals surface area contributed by atoms with Crippen LogP contribution in [0, 0.1) is 5.92 Å². The number of carbonyl (C=O) groups is 2. The third kappa shape index (κ3) is 4.18. The van der Waals surface area contributed by atoms with Gasteiger partial charge in [0.2, 0.25) is 5.91 Å². The van der Waals surface area contributed by atoms with Gasteiger partial charge in [0.1, 0.15) is 0 Å². The van der Waals surface area contributed by atoms with Crippen LogP contribution in [0.2, 0.25) is 0 Å². The van der Waals surface area contributed by atoms with Gasteiger partial charge in [0.05, 0.1) is 6.61 Å². The van der Waals surface area contributed by atoms with Crippen LogP contribution in [0.25, 0.3) is 0 Å². The second-order valence-corrected chi connectivity index (χ2v) is 4.25. The monoisotopic (exact) mass is 229 g/mol. The number of carbonyl (C=O) groups excluding carboxylic acids is 1. The fraction of sp³-hybridized carbons (Fsp3) is 0.818. The minimum Gasteiger partial charge on any atom is -0.480 e. The summed E-state index contributed by atoms with van der Waals surface area (Å²) in [6.45, 7) is 0.00447. The molecule has 0 heterocycles. The molecule has 1 unspecified atom stereocenters. The lowest BCUT2D eigenvalue weighted by molar-refractivity contribution is -0.143. The number of aliphatic carboxylic acids is 1. The highest BCUT2D eigenvalue weighted by Crippen LogP contribution is 2.30. The van der Waals surface area contributed by atoms with Gasteiger partial charge in [0.15, 0.2) is 6.04 Å². The summed E-state index contributed by atoms with van der Waals surface area (Å²) < 4.78 is 4.73. The zero-order valence-electron chi connectivity index (χ0n) is 9.57. The van der Waals surface area contributed by atoms with Gasteiger partial charge in [0.25, 0.3) is 0 Å². The maximum atomic E-state index is 11.4. The average Bonchev–Trinajstić information content (AvgIpc) is 2.14. The molecule has 1 atom stereocenters. The summed E-state index contributed by atoms with van der Waals surface area (Å²) in [5, 5.41) is 11.3. The fourth-order valence-corrected chi connectivity index (χ4v) is 1.72. The summed E-state index contributed by atoms with van der Waals surface area (Å²) in [4.78, 5) is 22.2. The molecule has 0 aromatic heterocycles. The number of carboxylic acids is 1. The molecule has 1 aliphatic carbocycles. The summed E-state index contributed by atoms with van der Waals surface area (Å²) in [5.41, 5.74) is 0. The molecule has 1 rings (SSSR count). The van der Waals surface area contributed by atoms with E-state index in [4.69, 9.17) is 9.84 Å². The van der Waals surface area contributed by atoms with E-state index in [2.05, 4.69) is 5.32 Å². The van der Waals surface area contributed by atoms with Crippen LogP contribution in [0.5, 0.6) is 0 Å². The van der Waals surface area contributed by atoms with Crippen LogP contribution in [0.3, 0.4) is 0 Å². The van der Waals surface area contributed by atoms with Gasteiger partial charge in [-0.25, -0.2) is 4.79 Å². The largest absolute Gasteiger partial charge is 0.480 e. The summed E-state index contributed by atoms with van der Waals surface area (Å²) in [6.07, 6.45) is 4.94. The number of hydrogen-bond donors (Lipinski definition) is 2. The first-order valence-corrected chi connectivity index (χ1v) is 5.64. The van der Waals surface area contributed by atoms with Crippen molar-refractivity contribution in [1.29, 1.82) is 0 Å². The van der Waals surface area contributed by atoms with Crippen LogP contribution in [-0.2, 0) is 14.3 Å². The Bertz CT molecular complexity index is 250. The van der Waals surface area contributed by atoms with Crippen LogP contribution in [0.4, 0.5) is 0 Å². The number of hydrogen-bond acceptors (Lipinski definition) is 3. The lowest BCUT2D eigenvalue weighted by Gasteiger charge is -2.25. The maximum absolute atomic E-state index is 11.4. The molecule has 1 saturated carbocycles. The van der Waals surface area contributed by atoms with Crippen molar-refractivity contribution < 1.29 is 19.4 Å². The van der Waals surface area contributed by atoms with Gasteiger partial charge in [-0.05, 0) is 12.3 Å². The number of ether oxygens (including phenoxy) is 1. The van der Waals surface area contributed by atoms with Crippen LogP contribution in [0.1, 0.15) is 32.1 Å². The zero-order chi connectivity index (χ0) is 12.0. The SMILES string of the molecule is COCC(NC(=O)CCC1CCC1)C(=O)O. The number of nitrogens with one attached hydrogen (secondary N) is 1. The Morgan fingerprint density at radius 3 is 2.62 bits per heavy atom. The van der Waals surface area contributed by atoms with E-state index in [0.717, 1.165) is 6.42 Å². The van der Waals surface area contributed by atoms with E-state index in [1.54, 1.807) is 0 Å². The standard InChI is InChI=1S/C11H19NO4/c1-16-7-9(11(14)15)12-10(13)6-5-8-3-2-4-8/h8-9H,2-7H2,1H3,(H,12,13)(H,14,15). The first-order valence-electron chi connectivity index (χ1n) is 5.64. The van der Waals surface area contributed by atoms with E-state index in [-0.39, 0.29) is 12.5 Å². The molecule has 92 valence electrons. The third-order valence-electron chi connectivity index (χ3n) is 2.97. The van der Waals surface area contributed by atoms with Gasteiger partial charge >= 0.3 is 5.97 Å². The highest BCUT2D eigenvalue weighted by Gasteiger charge is 2.22. The fourth-order valence-electron chi connectivity index (χ4n) is 1.72. The van der Waals surface area contributed by atoms with Gasteiger partial charge in [0, 0.05) is 13.5 Å². The van der Waals surface area contributed by atoms with Crippen molar-refractivity contribution in [1.82, 2.24) is 5.32 Å². The summed E-state index contributed by atoms with van der Waals surface area (Å²) in [5.74, 6) is -0.591. The van der Waals surface area contributed by atoms with E-state index < -0.39 is 12.0 Å². The summed E-state index contributed by atoms with van der Waals surface area (Å²) in [6, 6.07) is -0.932. The van der Waals surface area contributed by atoms with Gasteiger partial charge < -0.3 is 15.2 Å². The van der Waals surface area contributed by atoms with Crippen molar-refractivity contribution in [3.8, 4) is 0 Å². The smallest absolute Gasteiger partial charge is 0.328 e. The van der Waals surface area contributed by atoms with Crippen molar-refractivity contribution in [3.63, 3.8) is 0 Å². The van der Waals surface area contributed by atoms with E-state index in [1.165, 1.54) is 26.4 Å². The lowest BCUT2D eigenvalue weighted by Crippen LogP contribution is -2.43. The van der Waals surface area contributed by atoms with E-state index in [1.807, 2.05) is 0 Å². The molecule has 0 aliphatic heterocycles. The molecule has 0 aromatic rings. The maximum Gasteiger partial charge on any atom is 0.328 e. The van der Waals surface area contributed by atoms with Crippen LogP contribution in [0.15, 0.2) is 0 Å². The van der Waals surface area contributed by atoms with E-state index >= 15 is 0 Å². The topological polar surface area (TPSA) is 75.6 Å². The van der Waals surface area contributed by atoms with Crippen molar-refractivity contribution in [2.45, 2.75) is 38.1 Å². The highest BCUT2D eigenvalue weighted by molar-refractivity contribution is 5.83. The second kappa shape index (κ2) is 6.48. The Labute approximate surface area is 95.2 Å². The molecule has 0 radical (unpaired) electrons. The molecular formula is C11H19NO4. The van der Waals surface area contributed by atoms with E-state index in [9.17, 15) is 9.59 Å². The van der Waals surface area contributed by atoms with Crippen molar-refractivity contribution >= 4 is 11.9 Å². The number of rotatable bonds is 7. The Morgan fingerprint density at radius 1 is 1.50 bits per heavy atom. The highest BCUT2D eigenvalue weighted by atomic mass is 16.5. The number of carboxylic acid groups (broad SMARTS) is 1. The van der Waals surface area contributed by atoms with Crippen LogP contribution in [-0.4, -0.2) is 36.7 Å². The predicted molar refractivity (Wildman–Crippen MR) is 58.0 cm³/mol. The molecule has 1 fully saturated rings. The molecule has 0 bridgehead atoms. The van der Waals surface area contributed by atoms with Gasteiger partial charge in [-0.15, -0.1) is 0 Å². The lowest BCUT2D eigenvalue weighted by atomic mass is 9.82. The molecule has 16 heavy (non-hydrogen) atoms. The molecule has 5 nitrogen and oxygen atoms in total. The summed E-state index contributed by atoms with van der Waals surface area (Å²) in [7, 11) is 1.41. The average molecular weight is 229 g/mol. The van der Waals surface area contributed by atoms with Crippen LogP contribution >= 0.6 is 0 Å².